The summed E-state index contributed by atoms with van der Waals surface area (Å²) >= 11 is 0. The first-order valence-electron chi connectivity index (χ1n) is 5.30. The van der Waals surface area contributed by atoms with E-state index < -0.39 is 6.17 Å². The largest absolute Gasteiger partial charge is 0.323 e. The van der Waals surface area contributed by atoms with Crippen LogP contribution in [0.4, 0.5) is 4.39 Å². The van der Waals surface area contributed by atoms with Gasteiger partial charge >= 0.3 is 0 Å². The van der Waals surface area contributed by atoms with Crippen LogP contribution in [0.2, 0.25) is 0 Å². The van der Waals surface area contributed by atoms with Crippen LogP contribution in [0.5, 0.6) is 0 Å². The van der Waals surface area contributed by atoms with Crippen LogP contribution in [0.3, 0.4) is 0 Å². The van der Waals surface area contributed by atoms with E-state index in [1.165, 1.54) is 0 Å². The van der Waals surface area contributed by atoms with Gasteiger partial charge in [-0.25, -0.2) is 4.39 Å². The van der Waals surface area contributed by atoms with Crippen molar-refractivity contribution in [3.8, 4) is 0 Å². The molecule has 1 atom stereocenters. The van der Waals surface area contributed by atoms with Crippen LogP contribution >= 0.6 is 0 Å². The molecule has 0 spiro atoms. The summed E-state index contributed by atoms with van der Waals surface area (Å²) in [5.41, 5.74) is 0. The van der Waals surface area contributed by atoms with Crippen LogP contribution in [-0.2, 0) is 0 Å². The van der Waals surface area contributed by atoms with Crippen molar-refractivity contribution in [3.05, 3.63) is 0 Å². The van der Waals surface area contributed by atoms with Gasteiger partial charge in [0.1, 0.15) is 6.17 Å². The van der Waals surface area contributed by atoms with Gasteiger partial charge in [0.05, 0.1) is 0 Å². The van der Waals surface area contributed by atoms with Crippen LogP contribution in [0.1, 0.15) is 47.5 Å². The Hall–Kier alpha value is -0.110. The maximum absolute atomic E-state index is 12.4. The summed E-state index contributed by atoms with van der Waals surface area (Å²) in [4.78, 5) is 0. The molecule has 0 aromatic heterocycles. The molecular formula is C11H28FN. The molecule has 0 amide bonds. The molecule has 1 N–H and O–H groups in total. The Labute approximate surface area is 84.1 Å². The van der Waals surface area contributed by atoms with Crippen molar-refractivity contribution in [2.45, 2.75) is 53.6 Å². The van der Waals surface area contributed by atoms with E-state index in [-0.39, 0.29) is 0 Å². The van der Waals surface area contributed by atoms with Gasteiger partial charge in [0.25, 0.3) is 0 Å². The molecule has 1 unspecified atom stereocenters. The first kappa shape index (κ1) is 18.6. The first-order valence-corrected chi connectivity index (χ1v) is 5.30. The van der Waals surface area contributed by atoms with Crippen LogP contribution in [0, 0.1) is 5.92 Å². The van der Waals surface area contributed by atoms with Crippen molar-refractivity contribution in [3.63, 3.8) is 0 Å². The topological polar surface area (TPSA) is 12.0 Å². The molecule has 0 saturated heterocycles. The molecular weight excluding hydrogens is 165 g/mol. The van der Waals surface area contributed by atoms with E-state index >= 15 is 0 Å². The van der Waals surface area contributed by atoms with E-state index in [4.69, 9.17) is 0 Å². The molecule has 0 aromatic carbocycles. The summed E-state index contributed by atoms with van der Waals surface area (Å²) in [5, 5.41) is 2.75. The quantitative estimate of drug-likeness (QED) is 0.721. The molecule has 13 heavy (non-hydrogen) atoms. The summed E-state index contributed by atoms with van der Waals surface area (Å²) in [6, 6.07) is 0. The summed E-state index contributed by atoms with van der Waals surface area (Å²) in [5.74, 6) is 0.505. The third-order valence-electron chi connectivity index (χ3n) is 1.17. The van der Waals surface area contributed by atoms with Gasteiger partial charge in [-0.2, -0.15) is 0 Å². The fourth-order valence-electron chi connectivity index (χ4n) is 0.678. The Morgan fingerprint density at radius 1 is 1.15 bits per heavy atom. The van der Waals surface area contributed by atoms with Crippen LogP contribution < -0.4 is 5.32 Å². The zero-order valence-corrected chi connectivity index (χ0v) is 10.4. The molecule has 84 valence electrons. The highest BCUT2D eigenvalue weighted by Gasteiger charge is 2.04. The zero-order valence-electron chi connectivity index (χ0n) is 10.4. The van der Waals surface area contributed by atoms with E-state index in [2.05, 4.69) is 5.32 Å². The molecule has 0 aromatic rings. The molecule has 0 aliphatic rings. The third kappa shape index (κ3) is 33.5. The molecule has 0 aliphatic heterocycles. The number of hydrogen-bond donors (Lipinski definition) is 1. The molecule has 0 rings (SSSR count). The monoisotopic (exact) mass is 193 g/mol. The second-order valence-electron chi connectivity index (χ2n) is 3.14. The average Bonchev–Trinajstić information content (AvgIpc) is 2.08. The molecule has 2 heteroatoms. The fourth-order valence-corrected chi connectivity index (χ4v) is 0.678. The van der Waals surface area contributed by atoms with Crippen molar-refractivity contribution < 1.29 is 4.39 Å². The molecule has 1 nitrogen and oxygen atoms in total. The number of alkyl halides is 1. The zero-order chi connectivity index (χ0) is 11.3. The van der Waals surface area contributed by atoms with Crippen LogP contribution in [0.25, 0.3) is 0 Å². The Morgan fingerprint density at radius 2 is 1.46 bits per heavy atom. The lowest BCUT2D eigenvalue weighted by molar-refractivity contribution is 0.275. The molecule has 0 heterocycles. The Morgan fingerprint density at radius 3 is 1.54 bits per heavy atom. The van der Waals surface area contributed by atoms with Gasteiger partial charge in [0.2, 0.25) is 0 Å². The Balaban J connectivity index is -0.000000169. The van der Waals surface area contributed by atoms with E-state index in [1.54, 1.807) is 0 Å². The van der Waals surface area contributed by atoms with Gasteiger partial charge in [-0.15, -0.1) is 0 Å². The lowest BCUT2D eigenvalue weighted by atomic mass is 10.1. The Bertz CT molecular complexity index is 65.1. The van der Waals surface area contributed by atoms with Crippen molar-refractivity contribution in [1.29, 1.82) is 0 Å². The van der Waals surface area contributed by atoms with Crippen molar-refractivity contribution in [2.24, 2.45) is 5.92 Å². The minimum Gasteiger partial charge on any atom is -0.323 e. The van der Waals surface area contributed by atoms with Gasteiger partial charge in [-0.1, -0.05) is 34.6 Å². The van der Waals surface area contributed by atoms with Crippen LogP contribution in [0.15, 0.2) is 0 Å². The highest BCUT2D eigenvalue weighted by atomic mass is 19.1. The predicted octanol–water partition coefficient (Wildman–Crippen LogP) is 3.64. The number of halogens is 1. The second kappa shape index (κ2) is 17.8. The van der Waals surface area contributed by atoms with Gasteiger partial charge in [-0.3, -0.25) is 0 Å². The van der Waals surface area contributed by atoms with Crippen molar-refractivity contribution in [2.75, 3.05) is 14.1 Å². The maximum Gasteiger partial charge on any atom is 0.100 e. The SMILES string of the molecule is CC.CCC(F)CC(C)C.CNC. The summed E-state index contributed by atoms with van der Waals surface area (Å²) in [7, 11) is 3.75. The van der Waals surface area contributed by atoms with Gasteiger partial charge < -0.3 is 5.32 Å². The van der Waals surface area contributed by atoms with E-state index in [0.717, 1.165) is 6.42 Å². The lowest BCUT2D eigenvalue weighted by Crippen LogP contribution is -2.01. The smallest absolute Gasteiger partial charge is 0.100 e. The van der Waals surface area contributed by atoms with E-state index in [9.17, 15) is 4.39 Å². The number of nitrogens with one attached hydrogen (secondary N) is 1. The van der Waals surface area contributed by atoms with Gasteiger partial charge in [-0.05, 0) is 32.9 Å². The predicted molar refractivity (Wildman–Crippen MR) is 61.0 cm³/mol. The fraction of sp³-hybridized carbons (Fsp3) is 1.00. The molecule has 0 saturated carbocycles. The highest BCUT2D eigenvalue weighted by Crippen LogP contribution is 2.09. The average molecular weight is 193 g/mol. The normalized spacial score (nSPS) is 10.8. The van der Waals surface area contributed by atoms with Gasteiger partial charge in [0.15, 0.2) is 0 Å². The number of hydrogen-bond acceptors (Lipinski definition) is 1. The van der Waals surface area contributed by atoms with Gasteiger partial charge in [0, 0.05) is 0 Å². The van der Waals surface area contributed by atoms with Crippen molar-refractivity contribution in [1.82, 2.24) is 5.32 Å². The highest BCUT2D eigenvalue weighted by molar-refractivity contribution is 4.54. The third-order valence-corrected chi connectivity index (χ3v) is 1.17. The Kier molecular flexibility index (Phi) is 25.6. The molecule has 0 aliphatic carbocycles. The van der Waals surface area contributed by atoms with E-state index in [1.807, 2.05) is 48.7 Å². The maximum atomic E-state index is 12.4. The first-order chi connectivity index (χ1) is 6.08. The molecule has 0 fully saturated rings. The lowest BCUT2D eigenvalue weighted by Gasteiger charge is -2.06. The summed E-state index contributed by atoms with van der Waals surface area (Å²) in [6.45, 7) is 9.97. The van der Waals surface area contributed by atoms with Crippen molar-refractivity contribution >= 4 is 0 Å². The van der Waals surface area contributed by atoms with E-state index in [0.29, 0.717) is 12.3 Å². The van der Waals surface area contributed by atoms with Crippen LogP contribution in [-0.4, -0.2) is 20.3 Å². The minimum atomic E-state index is -0.574. The minimum absolute atomic E-state index is 0.505. The number of rotatable bonds is 3. The summed E-state index contributed by atoms with van der Waals surface area (Å²) in [6.07, 6.45) is 0.810. The molecule has 0 radical (unpaired) electrons. The molecule has 0 bridgehead atoms. The second-order valence-corrected chi connectivity index (χ2v) is 3.14. The standard InChI is InChI=1S/C7H15F.C2H7N.C2H6/c1-4-7(8)5-6(2)3;1-3-2;1-2/h6-7H,4-5H2,1-3H3;3H,1-2H3;1-2H3. The summed E-state index contributed by atoms with van der Waals surface area (Å²) < 4.78 is 12.4.